The van der Waals surface area contributed by atoms with Crippen LogP contribution >= 0.6 is 0 Å². The van der Waals surface area contributed by atoms with Crippen LogP contribution in [0.1, 0.15) is 24.2 Å². The number of benzene rings is 1. The van der Waals surface area contributed by atoms with E-state index in [2.05, 4.69) is 46.2 Å². The van der Waals surface area contributed by atoms with Gasteiger partial charge in [-0.1, -0.05) is 35.0 Å². The van der Waals surface area contributed by atoms with Crippen molar-refractivity contribution < 1.29 is 0 Å². The van der Waals surface area contributed by atoms with E-state index in [9.17, 15) is 0 Å². The molecule has 0 radical (unpaired) electrons. The van der Waals surface area contributed by atoms with Crippen molar-refractivity contribution >= 4 is 0 Å². The van der Waals surface area contributed by atoms with E-state index < -0.39 is 0 Å². The van der Waals surface area contributed by atoms with Crippen LogP contribution in [0.25, 0.3) is 11.4 Å². The van der Waals surface area contributed by atoms with Gasteiger partial charge in [-0.15, -0.1) is 5.10 Å². The van der Waals surface area contributed by atoms with Crippen LogP contribution in [0.5, 0.6) is 0 Å². The van der Waals surface area contributed by atoms with E-state index in [0.717, 1.165) is 42.6 Å². The van der Waals surface area contributed by atoms with Crippen molar-refractivity contribution in [1.82, 2.24) is 29.8 Å². The van der Waals surface area contributed by atoms with Crippen LogP contribution < -0.4 is 0 Å². The molecule has 0 spiro atoms. The summed E-state index contributed by atoms with van der Waals surface area (Å²) in [5, 5.41) is 12.6. The smallest absolute Gasteiger partial charge is 0.181 e. The number of hydrogen-bond donors (Lipinski definition) is 0. The Kier molecular flexibility index (Phi) is 3.65. The van der Waals surface area contributed by atoms with Gasteiger partial charge in [0.15, 0.2) is 5.82 Å². The van der Waals surface area contributed by atoms with Crippen LogP contribution in [-0.2, 0) is 19.5 Å². The zero-order chi connectivity index (χ0) is 15.6. The van der Waals surface area contributed by atoms with Gasteiger partial charge in [-0.25, -0.2) is 9.67 Å². The third-order valence-electron chi connectivity index (χ3n) is 4.22. The molecule has 0 amide bonds. The minimum atomic E-state index is 0.771. The number of rotatable bonds is 6. The highest BCUT2D eigenvalue weighted by molar-refractivity contribution is 5.54. The fourth-order valence-corrected chi connectivity index (χ4v) is 2.64. The fraction of sp³-hybridized carbons (Fsp3) is 0.412. The Bertz CT molecular complexity index is 768. The van der Waals surface area contributed by atoms with Gasteiger partial charge in [-0.3, -0.25) is 4.68 Å². The Balaban J connectivity index is 1.58. The molecule has 6 nitrogen and oxygen atoms in total. The molecule has 4 rings (SSSR count). The van der Waals surface area contributed by atoms with Crippen LogP contribution in [0.15, 0.2) is 36.7 Å². The second-order valence-electron chi connectivity index (χ2n) is 6.26. The molecule has 6 heteroatoms. The molecule has 0 atom stereocenters. The molecule has 1 aliphatic rings. The first-order valence-corrected chi connectivity index (χ1v) is 8.13. The number of aryl methyl sites for hydroxylation is 3. The van der Waals surface area contributed by atoms with E-state index in [1.165, 1.54) is 18.4 Å². The fourth-order valence-electron chi connectivity index (χ4n) is 2.64. The molecule has 0 unspecified atom stereocenters. The summed E-state index contributed by atoms with van der Waals surface area (Å²) in [4.78, 5) is 4.78. The summed E-state index contributed by atoms with van der Waals surface area (Å²) in [6.45, 7) is 3.84. The van der Waals surface area contributed by atoms with E-state index >= 15 is 0 Å². The van der Waals surface area contributed by atoms with E-state index in [-0.39, 0.29) is 0 Å². The normalized spacial score (nSPS) is 14.3. The van der Waals surface area contributed by atoms with E-state index in [1.807, 2.05) is 10.9 Å². The predicted octanol–water partition coefficient (Wildman–Crippen LogP) is 2.50. The van der Waals surface area contributed by atoms with Gasteiger partial charge in [-0.05, 0) is 25.7 Å². The molecule has 1 aliphatic carbocycles. The quantitative estimate of drug-likeness (QED) is 0.702. The molecule has 2 heterocycles. The molecule has 118 valence electrons. The van der Waals surface area contributed by atoms with Crippen molar-refractivity contribution in [2.75, 3.05) is 0 Å². The molecular formula is C17H20N6. The Morgan fingerprint density at radius 1 is 1.17 bits per heavy atom. The second kappa shape index (κ2) is 5.95. The highest BCUT2D eigenvalue weighted by Crippen LogP contribution is 2.31. The lowest BCUT2D eigenvalue weighted by Gasteiger charge is -2.04. The van der Waals surface area contributed by atoms with Crippen LogP contribution in [-0.4, -0.2) is 29.8 Å². The van der Waals surface area contributed by atoms with Gasteiger partial charge < -0.3 is 0 Å². The van der Waals surface area contributed by atoms with Gasteiger partial charge >= 0.3 is 0 Å². The van der Waals surface area contributed by atoms with Crippen LogP contribution in [0.4, 0.5) is 0 Å². The number of aromatic nitrogens is 6. The average Bonchev–Trinajstić information content (AvgIpc) is 3.06. The Labute approximate surface area is 135 Å². The molecule has 0 bridgehead atoms. The summed E-state index contributed by atoms with van der Waals surface area (Å²) in [5.74, 6) is 2.62. The number of nitrogens with zero attached hydrogens (tertiary/aromatic N) is 6. The summed E-state index contributed by atoms with van der Waals surface area (Å²) < 4.78 is 3.92. The highest BCUT2D eigenvalue weighted by Gasteiger charge is 2.24. The lowest BCUT2D eigenvalue weighted by Crippen LogP contribution is -2.11. The van der Waals surface area contributed by atoms with Crippen molar-refractivity contribution in [3.05, 3.63) is 48.0 Å². The lowest BCUT2D eigenvalue weighted by atomic mass is 10.1. The summed E-state index contributed by atoms with van der Waals surface area (Å²) in [5.41, 5.74) is 2.32. The molecule has 2 aromatic heterocycles. The van der Waals surface area contributed by atoms with Crippen molar-refractivity contribution in [3.63, 3.8) is 0 Å². The van der Waals surface area contributed by atoms with E-state index in [0.29, 0.717) is 0 Å². The van der Waals surface area contributed by atoms with Gasteiger partial charge in [0.05, 0.1) is 6.20 Å². The number of hydrogen-bond acceptors (Lipinski definition) is 4. The standard InChI is InChI=1S/C17H20N6/c1-13-2-6-15(7-3-13)17-19-16(8-10-22-11-9-18-21-22)23(20-17)12-14-4-5-14/h2-3,6-7,9,11,14H,4-5,8,10,12H2,1H3. The minimum Gasteiger partial charge on any atom is -0.252 e. The highest BCUT2D eigenvalue weighted by atomic mass is 15.4. The molecule has 3 aromatic rings. The van der Waals surface area contributed by atoms with E-state index in [1.54, 1.807) is 6.20 Å². The van der Waals surface area contributed by atoms with Crippen molar-refractivity contribution in [2.45, 2.75) is 39.3 Å². The first kappa shape index (κ1) is 14.1. The predicted molar refractivity (Wildman–Crippen MR) is 86.6 cm³/mol. The minimum absolute atomic E-state index is 0.771. The van der Waals surface area contributed by atoms with Crippen LogP contribution in [0.2, 0.25) is 0 Å². The van der Waals surface area contributed by atoms with Gasteiger partial charge in [0.2, 0.25) is 0 Å². The maximum absolute atomic E-state index is 4.78. The Morgan fingerprint density at radius 2 is 2.00 bits per heavy atom. The molecule has 0 N–H and O–H groups in total. The maximum Gasteiger partial charge on any atom is 0.181 e. The van der Waals surface area contributed by atoms with Gasteiger partial charge in [-0.2, -0.15) is 5.10 Å². The Hall–Kier alpha value is -2.50. The molecule has 1 fully saturated rings. The van der Waals surface area contributed by atoms with E-state index in [4.69, 9.17) is 10.1 Å². The molecule has 0 aliphatic heterocycles. The Morgan fingerprint density at radius 3 is 2.70 bits per heavy atom. The van der Waals surface area contributed by atoms with Crippen LogP contribution in [0.3, 0.4) is 0 Å². The van der Waals surface area contributed by atoms with Crippen molar-refractivity contribution in [2.24, 2.45) is 5.92 Å². The third-order valence-corrected chi connectivity index (χ3v) is 4.22. The zero-order valence-electron chi connectivity index (χ0n) is 13.3. The SMILES string of the molecule is Cc1ccc(-c2nc(CCn3ccnn3)n(CC3CC3)n2)cc1. The summed E-state index contributed by atoms with van der Waals surface area (Å²) in [6.07, 6.45) is 7.01. The average molecular weight is 308 g/mol. The molecule has 0 saturated heterocycles. The van der Waals surface area contributed by atoms with Crippen molar-refractivity contribution in [1.29, 1.82) is 0 Å². The largest absolute Gasteiger partial charge is 0.252 e. The van der Waals surface area contributed by atoms with Gasteiger partial charge in [0.25, 0.3) is 0 Å². The third kappa shape index (κ3) is 3.31. The summed E-state index contributed by atoms with van der Waals surface area (Å²) in [7, 11) is 0. The van der Waals surface area contributed by atoms with Crippen molar-refractivity contribution in [3.8, 4) is 11.4 Å². The molecule has 23 heavy (non-hydrogen) atoms. The first-order chi connectivity index (χ1) is 11.3. The monoisotopic (exact) mass is 308 g/mol. The molecular weight excluding hydrogens is 288 g/mol. The second-order valence-corrected chi connectivity index (χ2v) is 6.26. The topological polar surface area (TPSA) is 61.4 Å². The zero-order valence-corrected chi connectivity index (χ0v) is 13.3. The maximum atomic E-state index is 4.78. The molecule has 1 saturated carbocycles. The van der Waals surface area contributed by atoms with Gasteiger partial charge in [0.1, 0.15) is 5.82 Å². The summed E-state index contributed by atoms with van der Waals surface area (Å²) >= 11 is 0. The molecule has 1 aromatic carbocycles. The summed E-state index contributed by atoms with van der Waals surface area (Å²) in [6, 6.07) is 8.39. The first-order valence-electron chi connectivity index (χ1n) is 8.13. The van der Waals surface area contributed by atoms with Crippen LogP contribution in [0, 0.1) is 12.8 Å². The van der Waals surface area contributed by atoms with Gasteiger partial charge in [0, 0.05) is 31.3 Å². The lowest BCUT2D eigenvalue weighted by molar-refractivity contribution is 0.508.